The topological polar surface area (TPSA) is 146 Å². The van der Waals surface area contributed by atoms with E-state index >= 15 is 0 Å². The van der Waals surface area contributed by atoms with E-state index in [2.05, 4.69) is 25.9 Å². The summed E-state index contributed by atoms with van der Waals surface area (Å²) in [5.41, 5.74) is -0.0563. The van der Waals surface area contributed by atoms with E-state index in [4.69, 9.17) is 4.74 Å². The Morgan fingerprint density at radius 2 is 2.00 bits per heavy atom. The molecule has 0 bridgehead atoms. The average Bonchev–Trinajstić information content (AvgIpc) is 3.62. The van der Waals surface area contributed by atoms with Gasteiger partial charge in [0.1, 0.15) is 11.5 Å². The molecule has 1 aromatic rings. The van der Waals surface area contributed by atoms with Gasteiger partial charge in [-0.15, -0.1) is 0 Å². The number of aliphatic hydroxyl groups excluding tert-OH is 1. The zero-order valence-corrected chi connectivity index (χ0v) is 20.5. The molecule has 3 heterocycles. The fraction of sp³-hybridized carbons (Fsp3) is 0.400. The van der Waals surface area contributed by atoms with Gasteiger partial charge in [0.2, 0.25) is 5.95 Å². The molecule has 2 fully saturated rings. The first kappa shape index (κ1) is 25.0. The lowest BCUT2D eigenvalue weighted by Crippen LogP contribution is -2.57. The fourth-order valence-corrected chi connectivity index (χ4v) is 4.14. The van der Waals surface area contributed by atoms with Gasteiger partial charge >= 0.3 is 6.03 Å². The Morgan fingerprint density at radius 1 is 1.28 bits per heavy atom. The molecule has 4 N–H and O–H groups in total. The molecule has 1 saturated heterocycles. The normalized spacial score (nSPS) is 23.3. The van der Waals surface area contributed by atoms with Crippen LogP contribution < -0.4 is 16.0 Å². The summed E-state index contributed by atoms with van der Waals surface area (Å²) in [6.07, 6.45) is 12.4. The SMILES string of the molecule is CC.COC1=CC2=C(CC=C1)CN(C[C@@]1(/C(O)=C/c3cnc(NC4CC4)nc3)NC(=O)NC1=O)C2=O. The van der Waals surface area contributed by atoms with Crippen molar-refractivity contribution < 1.29 is 24.2 Å². The number of amides is 4. The predicted molar refractivity (Wildman–Crippen MR) is 132 cm³/mol. The van der Waals surface area contributed by atoms with Crippen molar-refractivity contribution >= 4 is 29.9 Å². The maximum Gasteiger partial charge on any atom is 0.322 e. The molecule has 4 aliphatic rings. The zero-order chi connectivity index (χ0) is 25.9. The minimum absolute atomic E-state index is 0.249. The smallest absolute Gasteiger partial charge is 0.322 e. The summed E-state index contributed by atoms with van der Waals surface area (Å²) in [5.74, 6) is -0.460. The first-order valence-corrected chi connectivity index (χ1v) is 11.9. The summed E-state index contributed by atoms with van der Waals surface area (Å²) >= 11 is 0. The number of rotatable bonds is 7. The van der Waals surface area contributed by atoms with Crippen molar-refractivity contribution in [3.63, 3.8) is 0 Å². The molecule has 190 valence electrons. The highest BCUT2D eigenvalue weighted by Gasteiger charge is 2.52. The van der Waals surface area contributed by atoms with Gasteiger partial charge < -0.3 is 25.4 Å². The number of hydrogen-bond acceptors (Lipinski definition) is 8. The number of aromatic nitrogens is 2. The van der Waals surface area contributed by atoms with Gasteiger partial charge in [0.05, 0.1) is 13.7 Å². The first-order chi connectivity index (χ1) is 17.4. The third-order valence-corrected chi connectivity index (χ3v) is 6.14. The number of ether oxygens (including phenoxy) is 1. The number of aliphatic hydroxyl groups is 1. The van der Waals surface area contributed by atoms with Crippen LogP contribution in [0.1, 0.15) is 38.7 Å². The Balaban J connectivity index is 0.00000148. The van der Waals surface area contributed by atoms with Gasteiger partial charge in [-0.2, -0.15) is 0 Å². The van der Waals surface area contributed by atoms with Crippen molar-refractivity contribution in [3.8, 4) is 0 Å². The van der Waals surface area contributed by atoms with Crippen molar-refractivity contribution in [2.75, 3.05) is 25.5 Å². The van der Waals surface area contributed by atoms with Crippen LogP contribution in [0.5, 0.6) is 0 Å². The van der Waals surface area contributed by atoms with Crippen LogP contribution >= 0.6 is 0 Å². The van der Waals surface area contributed by atoms with Gasteiger partial charge in [-0.05, 0) is 43.1 Å². The van der Waals surface area contributed by atoms with Crippen LogP contribution in [-0.2, 0) is 14.3 Å². The van der Waals surface area contributed by atoms with E-state index in [0.29, 0.717) is 35.3 Å². The Labute approximate surface area is 209 Å². The molecule has 0 radical (unpaired) electrons. The molecule has 4 amide bonds. The summed E-state index contributed by atoms with van der Waals surface area (Å²) in [6.45, 7) is 4.01. The first-order valence-electron chi connectivity index (χ1n) is 11.9. The van der Waals surface area contributed by atoms with Crippen LogP contribution in [0.25, 0.3) is 6.08 Å². The molecule has 2 aliphatic carbocycles. The van der Waals surface area contributed by atoms with Crippen molar-refractivity contribution in [1.29, 1.82) is 0 Å². The van der Waals surface area contributed by atoms with Crippen LogP contribution in [0.15, 0.2) is 53.3 Å². The van der Waals surface area contributed by atoms with Crippen molar-refractivity contribution in [2.24, 2.45) is 0 Å². The number of anilines is 1. The monoisotopic (exact) mass is 494 g/mol. The van der Waals surface area contributed by atoms with Gasteiger partial charge in [0.15, 0.2) is 5.54 Å². The van der Waals surface area contributed by atoms with Crippen molar-refractivity contribution in [3.05, 3.63) is 58.8 Å². The number of allylic oxidation sites excluding steroid dienone is 2. The van der Waals surface area contributed by atoms with E-state index in [1.54, 1.807) is 12.2 Å². The quantitative estimate of drug-likeness (QED) is 0.333. The second kappa shape index (κ2) is 10.2. The average molecular weight is 495 g/mol. The Hall–Kier alpha value is -4.15. The molecule has 1 saturated carbocycles. The molecule has 2 aliphatic heterocycles. The van der Waals surface area contributed by atoms with Gasteiger partial charge in [0, 0.05) is 36.1 Å². The molecule has 36 heavy (non-hydrogen) atoms. The number of nitrogens with one attached hydrogen (secondary N) is 3. The Morgan fingerprint density at radius 3 is 2.61 bits per heavy atom. The highest BCUT2D eigenvalue weighted by molar-refractivity contribution is 6.10. The molecule has 0 unspecified atom stereocenters. The molecule has 1 aromatic heterocycles. The number of methoxy groups -OCH3 is 1. The molecule has 0 aromatic carbocycles. The fourth-order valence-electron chi connectivity index (χ4n) is 4.14. The number of nitrogens with zero attached hydrogens (tertiary/aromatic N) is 3. The summed E-state index contributed by atoms with van der Waals surface area (Å²) in [6, 6.07) is -0.363. The minimum atomic E-state index is -1.84. The molecule has 11 heteroatoms. The maximum atomic E-state index is 13.2. The maximum absolute atomic E-state index is 13.2. The third-order valence-electron chi connectivity index (χ3n) is 6.14. The third kappa shape index (κ3) is 4.95. The molecular weight excluding hydrogens is 464 g/mol. The Kier molecular flexibility index (Phi) is 7.09. The second-order valence-corrected chi connectivity index (χ2v) is 8.64. The lowest BCUT2D eigenvalue weighted by atomic mass is 9.94. The number of hydrogen-bond donors (Lipinski definition) is 4. The molecule has 11 nitrogen and oxygen atoms in total. The Bertz CT molecular complexity index is 1180. The predicted octanol–water partition coefficient (Wildman–Crippen LogP) is 2.18. The van der Waals surface area contributed by atoms with Gasteiger partial charge in [-0.3, -0.25) is 14.9 Å². The van der Waals surface area contributed by atoms with E-state index < -0.39 is 23.2 Å². The van der Waals surface area contributed by atoms with E-state index in [9.17, 15) is 19.5 Å². The van der Waals surface area contributed by atoms with Gasteiger partial charge in [0.25, 0.3) is 11.8 Å². The molecule has 0 spiro atoms. The van der Waals surface area contributed by atoms with Crippen LogP contribution in [0, 0.1) is 0 Å². The van der Waals surface area contributed by atoms with Gasteiger partial charge in [-0.25, -0.2) is 14.8 Å². The van der Waals surface area contributed by atoms with Crippen LogP contribution in [0.4, 0.5) is 10.7 Å². The summed E-state index contributed by atoms with van der Waals surface area (Å²) in [4.78, 5) is 47.9. The number of urea groups is 1. The van der Waals surface area contributed by atoms with Crippen LogP contribution in [0.2, 0.25) is 0 Å². The van der Waals surface area contributed by atoms with E-state index in [1.165, 1.54) is 30.5 Å². The highest BCUT2D eigenvalue weighted by Crippen LogP contribution is 2.31. The van der Waals surface area contributed by atoms with Gasteiger partial charge in [-0.1, -0.05) is 19.9 Å². The molecule has 1 atom stereocenters. The van der Waals surface area contributed by atoms with Crippen molar-refractivity contribution in [2.45, 2.75) is 44.7 Å². The lowest BCUT2D eigenvalue weighted by Gasteiger charge is -2.30. The van der Waals surface area contributed by atoms with E-state index in [-0.39, 0.29) is 19.0 Å². The summed E-state index contributed by atoms with van der Waals surface area (Å²) in [5, 5.41) is 18.9. The zero-order valence-electron chi connectivity index (χ0n) is 20.5. The van der Waals surface area contributed by atoms with Crippen LogP contribution in [-0.4, -0.2) is 69.6 Å². The van der Waals surface area contributed by atoms with E-state index in [0.717, 1.165) is 18.4 Å². The largest absolute Gasteiger partial charge is 0.509 e. The number of carbonyl (C=O) groups excluding carboxylic acids is 3. The number of carbonyl (C=O) groups is 3. The summed E-state index contributed by atoms with van der Waals surface area (Å²) in [7, 11) is 1.52. The van der Waals surface area contributed by atoms with Crippen molar-refractivity contribution in [1.82, 2.24) is 25.5 Å². The lowest BCUT2D eigenvalue weighted by molar-refractivity contribution is -0.129. The standard InChI is InChI=1S/C23H24N6O5.C2H6/c1-34-16-4-2-3-14-11-29(19(31)17(14)8-16)12-23(20(32)27-22(33)28-23)18(30)7-13-9-24-21(25-10-13)26-15-5-6-15;1-2/h2,4,7-10,15,30H,3,5-6,11-12H2,1H3,(H,24,25,26)(H2,27,28,32,33);1-2H3/b18-7-;/t23-;/m0./s1. The molecular formula is C25H30N6O5. The van der Waals surface area contributed by atoms with E-state index in [1.807, 2.05) is 19.9 Å². The minimum Gasteiger partial charge on any atom is -0.509 e. The highest BCUT2D eigenvalue weighted by atomic mass is 16.5. The second-order valence-electron chi connectivity index (χ2n) is 8.64. The number of imide groups is 1. The molecule has 5 rings (SSSR count). The summed E-state index contributed by atoms with van der Waals surface area (Å²) < 4.78 is 5.27. The van der Waals surface area contributed by atoms with Crippen LogP contribution in [0.3, 0.4) is 0 Å².